The number of nitriles is 1. The predicted octanol–water partition coefficient (Wildman–Crippen LogP) is 4.02. The van der Waals surface area contributed by atoms with E-state index >= 15 is 0 Å². The molecular weight excluding hydrogens is 390 g/mol. The lowest BCUT2D eigenvalue weighted by Gasteiger charge is -2.27. The van der Waals surface area contributed by atoms with Gasteiger partial charge in [0.1, 0.15) is 0 Å². The van der Waals surface area contributed by atoms with Crippen LogP contribution in [0.2, 0.25) is 0 Å². The van der Waals surface area contributed by atoms with Crippen LogP contribution in [0.5, 0.6) is 0 Å². The first kappa shape index (κ1) is 21.1. The van der Waals surface area contributed by atoms with E-state index in [1.54, 1.807) is 6.33 Å². The van der Waals surface area contributed by atoms with Gasteiger partial charge in [-0.05, 0) is 43.7 Å². The van der Waals surface area contributed by atoms with Crippen molar-refractivity contribution in [2.45, 2.75) is 51.0 Å². The Kier molecular flexibility index (Phi) is 6.66. The van der Waals surface area contributed by atoms with Crippen LogP contribution < -0.4 is 5.32 Å². The van der Waals surface area contributed by atoms with Crippen molar-refractivity contribution in [1.82, 2.24) is 14.5 Å². The number of nitrogens with one attached hydrogen (secondary N) is 1. The number of carbonyl (C=O) groups excluding carboxylic acids is 2. The molecule has 2 aliphatic rings. The molecule has 0 radical (unpaired) electrons. The quantitative estimate of drug-likeness (QED) is 0.766. The molecule has 7 heteroatoms. The van der Waals surface area contributed by atoms with Gasteiger partial charge in [0.2, 0.25) is 5.91 Å². The molecular formula is C24H29N5O2. The van der Waals surface area contributed by atoms with Gasteiger partial charge in [0.05, 0.1) is 18.4 Å². The van der Waals surface area contributed by atoms with Crippen LogP contribution in [0, 0.1) is 23.2 Å². The lowest BCUT2D eigenvalue weighted by atomic mass is 9.79. The van der Waals surface area contributed by atoms with Crippen molar-refractivity contribution in [1.29, 1.82) is 5.26 Å². The zero-order valence-corrected chi connectivity index (χ0v) is 17.7. The van der Waals surface area contributed by atoms with Gasteiger partial charge in [-0.15, -0.1) is 0 Å². The maximum absolute atomic E-state index is 12.7. The molecule has 3 atom stereocenters. The molecule has 2 fully saturated rings. The highest BCUT2D eigenvalue weighted by atomic mass is 16.2. The molecule has 2 heterocycles. The highest BCUT2D eigenvalue weighted by molar-refractivity contribution is 5.94. The smallest absolute Gasteiger partial charge is 0.253 e. The summed E-state index contributed by atoms with van der Waals surface area (Å²) in [5.74, 6) is 1.11. The molecule has 2 amide bonds. The molecule has 1 aromatic heterocycles. The van der Waals surface area contributed by atoms with Crippen LogP contribution in [0.4, 0.5) is 5.82 Å². The largest absolute Gasteiger partial charge is 0.336 e. The maximum Gasteiger partial charge on any atom is 0.253 e. The summed E-state index contributed by atoms with van der Waals surface area (Å²) < 4.78 is 2.00. The summed E-state index contributed by atoms with van der Waals surface area (Å²) in [6, 6.07) is 11.7. The van der Waals surface area contributed by atoms with Gasteiger partial charge in [0.15, 0.2) is 5.82 Å². The molecule has 1 saturated carbocycles. The normalized spacial score (nSPS) is 23.3. The van der Waals surface area contributed by atoms with Gasteiger partial charge >= 0.3 is 0 Å². The molecule has 4 rings (SSSR count). The van der Waals surface area contributed by atoms with Gasteiger partial charge < -0.3 is 14.8 Å². The van der Waals surface area contributed by atoms with Gasteiger partial charge in [-0.25, -0.2) is 4.98 Å². The van der Waals surface area contributed by atoms with E-state index in [0.717, 1.165) is 38.5 Å². The Labute approximate surface area is 183 Å². The number of aromatic nitrogens is 2. The van der Waals surface area contributed by atoms with E-state index in [1.807, 2.05) is 46.0 Å². The van der Waals surface area contributed by atoms with Crippen LogP contribution >= 0.6 is 0 Å². The van der Waals surface area contributed by atoms with E-state index in [2.05, 4.69) is 16.4 Å². The molecule has 7 nitrogen and oxygen atoms in total. The lowest BCUT2D eigenvalue weighted by Crippen LogP contribution is -2.29. The molecule has 31 heavy (non-hydrogen) atoms. The van der Waals surface area contributed by atoms with E-state index in [9.17, 15) is 9.59 Å². The monoisotopic (exact) mass is 419 g/mol. The third kappa shape index (κ3) is 5.13. The van der Waals surface area contributed by atoms with E-state index in [0.29, 0.717) is 36.8 Å². The molecule has 1 aliphatic carbocycles. The predicted molar refractivity (Wildman–Crippen MR) is 117 cm³/mol. The third-order valence-electron chi connectivity index (χ3n) is 6.56. The van der Waals surface area contributed by atoms with Crippen LogP contribution in [0.1, 0.15) is 61.3 Å². The number of anilines is 1. The van der Waals surface area contributed by atoms with Crippen molar-refractivity contribution >= 4 is 17.6 Å². The van der Waals surface area contributed by atoms with Gasteiger partial charge in [0.25, 0.3) is 5.91 Å². The minimum atomic E-state index is -0.00643. The van der Waals surface area contributed by atoms with Crippen LogP contribution in [0.3, 0.4) is 0 Å². The number of carbonyl (C=O) groups is 2. The Bertz CT molecular complexity index is 948. The fourth-order valence-electron chi connectivity index (χ4n) is 4.82. The second-order valence-electron chi connectivity index (χ2n) is 8.68. The first-order valence-corrected chi connectivity index (χ1v) is 11.2. The number of likely N-dealkylation sites (tertiary alicyclic amines) is 1. The molecule has 1 aromatic carbocycles. The van der Waals surface area contributed by atoms with Gasteiger partial charge in [-0.1, -0.05) is 31.0 Å². The summed E-state index contributed by atoms with van der Waals surface area (Å²) in [4.78, 5) is 31.7. The Morgan fingerprint density at radius 2 is 2.03 bits per heavy atom. The van der Waals surface area contributed by atoms with Crippen molar-refractivity contribution in [3.8, 4) is 6.07 Å². The summed E-state index contributed by atoms with van der Waals surface area (Å²) in [6.07, 6.45) is 9.83. The minimum absolute atomic E-state index is 0.00643. The van der Waals surface area contributed by atoms with Gasteiger partial charge in [-0.3, -0.25) is 9.59 Å². The average Bonchev–Trinajstić information content (AvgIpc) is 3.48. The first-order chi connectivity index (χ1) is 15.1. The van der Waals surface area contributed by atoms with E-state index in [1.165, 1.54) is 0 Å². The Morgan fingerprint density at radius 3 is 2.84 bits per heavy atom. The highest BCUT2D eigenvalue weighted by Crippen LogP contribution is 2.32. The van der Waals surface area contributed by atoms with Crippen molar-refractivity contribution in [3.63, 3.8) is 0 Å². The second-order valence-corrected chi connectivity index (χ2v) is 8.68. The molecule has 1 saturated heterocycles. The van der Waals surface area contributed by atoms with Crippen molar-refractivity contribution in [2.24, 2.45) is 11.8 Å². The van der Waals surface area contributed by atoms with E-state index in [-0.39, 0.29) is 23.8 Å². The zero-order chi connectivity index (χ0) is 21.6. The first-order valence-electron chi connectivity index (χ1n) is 11.2. The van der Waals surface area contributed by atoms with E-state index in [4.69, 9.17) is 5.26 Å². The SMILES string of the molecule is N#CCCC1CCC[C@H](C(=O)Nc2cn(C3CCN(C(=O)c4ccccc4)C3)cn2)C1. The number of amides is 2. The summed E-state index contributed by atoms with van der Waals surface area (Å²) in [7, 11) is 0. The lowest BCUT2D eigenvalue weighted by molar-refractivity contribution is -0.121. The number of rotatable bonds is 6. The maximum atomic E-state index is 12.7. The Hall–Kier alpha value is -3.14. The molecule has 2 aromatic rings. The fourth-order valence-corrected chi connectivity index (χ4v) is 4.82. The molecule has 2 unspecified atom stereocenters. The summed E-state index contributed by atoms with van der Waals surface area (Å²) in [6.45, 7) is 1.35. The molecule has 162 valence electrons. The minimum Gasteiger partial charge on any atom is -0.336 e. The van der Waals surface area contributed by atoms with Crippen LogP contribution in [0.15, 0.2) is 42.9 Å². The number of imidazole rings is 1. The summed E-state index contributed by atoms with van der Waals surface area (Å²) in [5, 5.41) is 11.8. The summed E-state index contributed by atoms with van der Waals surface area (Å²) >= 11 is 0. The summed E-state index contributed by atoms with van der Waals surface area (Å²) in [5.41, 5.74) is 0.710. The van der Waals surface area contributed by atoms with Crippen molar-refractivity contribution < 1.29 is 9.59 Å². The molecule has 0 spiro atoms. The topological polar surface area (TPSA) is 91.0 Å². The fraction of sp³-hybridized carbons (Fsp3) is 0.500. The van der Waals surface area contributed by atoms with Crippen LogP contribution in [-0.2, 0) is 4.79 Å². The number of nitrogens with zero attached hydrogens (tertiary/aromatic N) is 4. The number of benzene rings is 1. The second kappa shape index (κ2) is 9.78. The van der Waals surface area contributed by atoms with Gasteiger partial charge in [0, 0.05) is 37.2 Å². The van der Waals surface area contributed by atoms with Crippen molar-refractivity contribution in [3.05, 3.63) is 48.4 Å². The average molecular weight is 420 g/mol. The van der Waals surface area contributed by atoms with Crippen LogP contribution in [-0.4, -0.2) is 39.4 Å². The van der Waals surface area contributed by atoms with Crippen molar-refractivity contribution in [2.75, 3.05) is 18.4 Å². The standard InChI is InChI=1S/C24H29N5O2/c25-12-5-7-18-6-4-10-20(14-18)23(30)27-22-16-29(17-26-22)21-11-13-28(15-21)24(31)19-8-2-1-3-9-19/h1-3,8-9,16-18,20-21H,4-7,10-11,13-15H2,(H,27,30)/t18?,20-,21?/m0/s1. The highest BCUT2D eigenvalue weighted by Gasteiger charge is 2.29. The zero-order valence-electron chi connectivity index (χ0n) is 17.7. The molecule has 1 N–H and O–H groups in total. The number of hydrogen-bond donors (Lipinski definition) is 1. The Balaban J connectivity index is 1.31. The molecule has 1 aliphatic heterocycles. The Morgan fingerprint density at radius 1 is 1.19 bits per heavy atom. The van der Waals surface area contributed by atoms with Gasteiger partial charge in [-0.2, -0.15) is 5.26 Å². The van der Waals surface area contributed by atoms with E-state index < -0.39 is 0 Å². The van der Waals surface area contributed by atoms with Crippen LogP contribution in [0.25, 0.3) is 0 Å². The third-order valence-corrected chi connectivity index (χ3v) is 6.56. The molecule has 0 bridgehead atoms. The number of hydrogen-bond acceptors (Lipinski definition) is 4.